The second kappa shape index (κ2) is 9.32. The zero-order chi connectivity index (χ0) is 10.8. The lowest BCUT2D eigenvalue weighted by Gasteiger charge is -2.16. The summed E-state index contributed by atoms with van der Waals surface area (Å²) in [5.41, 5.74) is 0. The van der Waals surface area contributed by atoms with Crippen molar-refractivity contribution >= 4 is 0 Å². The molecule has 6 N–H and O–H groups in total. The van der Waals surface area contributed by atoms with Crippen LogP contribution in [0.25, 0.3) is 0 Å². The molecule has 6 nitrogen and oxygen atoms in total. The number of aliphatic hydroxyl groups excluding tert-OH is 4. The summed E-state index contributed by atoms with van der Waals surface area (Å²) in [7, 11) is 0. The Balaban J connectivity index is 3.35. The Bertz CT molecular complexity index is 104. The monoisotopic (exact) mass is 208 g/mol. The minimum atomic E-state index is -0.307. The van der Waals surface area contributed by atoms with Crippen LogP contribution in [0.2, 0.25) is 0 Å². The summed E-state index contributed by atoms with van der Waals surface area (Å²) < 4.78 is 0. The van der Waals surface area contributed by atoms with Gasteiger partial charge in [-0.15, -0.1) is 0 Å². The maximum Gasteiger partial charge on any atom is 0.0607 e. The minimum Gasteiger partial charge on any atom is -0.395 e. The van der Waals surface area contributed by atoms with Gasteiger partial charge in [0, 0.05) is 13.1 Å². The van der Waals surface area contributed by atoms with Crippen LogP contribution in [0.1, 0.15) is 0 Å². The largest absolute Gasteiger partial charge is 0.395 e. The first-order chi connectivity index (χ1) is 6.78. The molecule has 0 spiro atoms. The zero-order valence-corrected chi connectivity index (χ0v) is 8.19. The van der Waals surface area contributed by atoms with Crippen LogP contribution in [0.15, 0.2) is 0 Å². The highest BCUT2D eigenvalue weighted by atomic mass is 16.3. The fourth-order valence-electron chi connectivity index (χ4n) is 0.926. The first-order valence-electron chi connectivity index (χ1n) is 4.68. The van der Waals surface area contributed by atoms with Crippen LogP contribution in [-0.4, -0.2) is 72.0 Å². The van der Waals surface area contributed by atoms with Crippen molar-refractivity contribution in [1.82, 2.24) is 10.6 Å². The number of rotatable bonds is 9. The number of nitrogens with one attached hydrogen (secondary N) is 2. The average molecular weight is 208 g/mol. The van der Waals surface area contributed by atoms with E-state index in [2.05, 4.69) is 10.6 Å². The fraction of sp³-hybridized carbons (Fsp3) is 1.00. The third-order valence-electron chi connectivity index (χ3n) is 1.87. The maximum absolute atomic E-state index is 8.70. The van der Waals surface area contributed by atoms with Crippen molar-refractivity contribution in [2.75, 3.05) is 39.5 Å². The number of hydrogen-bond donors (Lipinski definition) is 6. The molecule has 0 amide bonds. The molecule has 14 heavy (non-hydrogen) atoms. The maximum atomic E-state index is 8.70. The van der Waals surface area contributed by atoms with E-state index in [0.29, 0.717) is 13.1 Å². The molecule has 0 atom stereocenters. The lowest BCUT2D eigenvalue weighted by molar-refractivity contribution is 0.162. The highest BCUT2D eigenvalue weighted by Gasteiger charge is 2.05. The van der Waals surface area contributed by atoms with Crippen LogP contribution in [-0.2, 0) is 0 Å². The Kier molecular flexibility index (Phi) is 9.16. The second-order valence-electron chi connectivity index (χ2n) is 3.03. The molecule has 86 valence electrons. The van der Waals surface area contributed by atoms with E-state index >= 15 is 0 Å². The van der Waals surface area contributed by atoms with Crippen molar-refractivity contribution in [2.24, 2.45) is 0 Å². The van der Waals surface area contributed by atoms with Gasteiger partial charge in [-0.05, 0) is 0 Å². The minimum absolute atomic E-state index is 0.111. The normalized spacial score (nSPS) is 11.6. The van der Waals surface area contributed by atoms with E-state index < -0.39 is 0 Å². The van der Waals surface area contributed by atoms with Gasteiger partial charge in [0.15, 0.2) is 0 Å². The Morgan fingerprint density at radius 3 is 1.14 bits per heavy atom. The molecular formula is C8H20N2O4. The van der Waals surface area contributed by atoms with Crippen molar-refractivity contribution in [3.63, 3.8) is 0 Å². The predicted molar refractivity (Wildman–Crippen MR) is 51.9 cm³/mol. The van der Waals surface area contributed by atoms with Crippen LogP contribution in [0.4, 0.5) is 0 Å². The van der Waals surface area contributed by atoms with E-state index in [1.165, 1.54) is 0 Å². The lowest BCUT2D eigenvalue weighted by atomic mass is 10.3. The summed E-state index contributed by atoms with van der Waals surface area (Å²) in [5.74, 6) is 0. The van der Waals surface area contributed by atoms with Crippen molar-refractivity contribution in [1.29, 1.82) is 0 Å². The predicted octanol–water partition coefficient (Wildman–Crippen LogP) is -3.13. The van der Waals surface area contributed by atoms with Crippen LogP contribution in [0.5, 0.6) is 0 Å². The van der Waals surface area contributed by atoms with Crippen molar-refractivity contribution in [3.05, 3.63) is 0 Å². The molecule has 0 aliphatic rings. The second-order valence-corrected chi connectivity index (χ2v) is 3.03. The van der Waals surface area contributed by atoms with Crippen molar-refractivity contribution in [3.8, 4) is 0 Å². The van der Waals surface area contributed by atoms with Crippen LogP contribution < -0.4 is 10.6 Å². The summed E-state index contributed by atoms with van der Waals surface area (Å²) in [4.78, 5) is 0. The van der Waals surface area contributed by atoms with Gasteiger partial charge < -0.3 is 31.1 Å². The van der Waals surface area contributed by atoms with Crippen LogP contribution in [0, 0.1) is 0 Å². The van der Waals surface area contributed by atoms with E-state index in [4.69, 9.17) is 20.4 Å². The molecule has 0 unspecified atom stereocenters. The zero-order valence-electron chi connectivity index (χ0n) is 8.19. The quantitative estimate of drug-likeness (QED) is 0.224. The van der Waals surface area contributed by atoms with Crippen molar-refractivity contribution < 1.29 is 20.4 Å². The molecule has 0 radical (unpaired) electrons. The molecule has 0 heterocycles. The van der Waals surface area contributed by atoms with Crippen LogP contribution in [0.3, 0.4) is 0 Å². The average Bonchev–Trinajstić information content (AvgIpc) is 2.24. The molecule has 0 aromatic carbocycles. The van der Waals surface area contributed by atoms with Gasteiger partial charge in [-0.3, -0.25) is 0 Å². The molecular weight excluding hydrogens is 188 g/mol. The highest BCUT2D eigenvalue weighted by Crippen LogP contribution is 1.80. The SMILES string of the molecule is OCC(CO)NCCNC(CO)CO. The first kappa shape index (κ1) is 13.8. The molecule has 0 fully saturated rings. The summed E-state index contributed by atoms with van der Waals surface area (Å²) in [6.07, 6.45) is 0. The molecule has 0 saturated carbocycles. The Morgan fingerprint density at radius 1 is 0.643 bits per heavy atom. The van der Waals surface area contributed by atoms with Gasteiger partial charge in [0.2, 0.25) is 0 Å². The highest BCUT2D eigenvalue weighted by molar-refractivity contribution is 4.67. The van der Waals surface area contributed by atoms with E-state index in [-0.39, 0.29) is 38.5 Å². The smallest absolute Gasteiger partial charge is 0.0607 e. The summed E-state index contributed by atoms with van der Waals surface area (Å²) >= 11 is 0. The van der Waals surface area contributed by atoms with E-state index in [0.717, 1.165) is 0 Å². The number of aliphatic hydroxyl groups is 4. The molecule has 0 aliphatic heterocycles. The molecule has 0 aliphatic carbocycles. The summed E-state index contributed by atoms with van der Waals surface area (Å²) in [6.45, 7) is 0.671. The van der Waals surface area contributed by atoms with E-state index in [1.54, 1.807) is 0 Å². The first-order valence-corrected chi connectivity index (χ1v) is 4.68. The Hall–Kier alpha value is -0.240. The van der Waals surface area contributed by atoms with Crippen molar-refractivity contribution in [2.45, 2.75) is 12.1 Å². The molecule has 0 bridgehead atoms. The lowest BCUT2D eigenvalue weighted by Crippen LogP contribution is -2.43. The van der Waals surface area contributed by atoms with E-state index in [9.17, 15) is 0 Å². The Morgan fingerprint density at radius 2 is 0.929 bits per heavy atom. The van der Waals surface area contributed by atoms with Gasteiger partial charge in [0.1, 0.15) is 0 Å². The van der Waals surface area contributed by atoms with Gasteiger partial charge in [0.25, 0.3) is 0 Å². The van der Waals surface area contributed by atoms with Gasteiger partial charge in [-0.25, -0.2) is 0 Å². The van der Waals surface area contributed by atoms with Gasteiger partial charge in [-0.2, -0.15) is 0 Å². The van der Waals surface area contributed by atoms with E-state index in [1.807, 2.05) is 0 Å². The Labute approximate surface area is 83.6 Å². The summed E-state index contributed by atoms with van der Waals surface area (Å²) in [5, 5.41) is 40.6. The van der Waals surface area contributed by atoms with Gasteiger partial charge in [0.05, 0.1) is 38.5 Å². The molecule has 0 saturated heterocycles. The standard InChI is InChI=1S/C8H20N2O4/c11-3-7(4-12)9-1-2-10-8(5-13)6-14/h7-14H,1-6H2. The third-order valence-corrected chi connectivity index (χ3v) is 1.87. The molecule has 0 rings (SSSR count). The third kappa shape index (κ3) is 6.25. The van der Waals surface area contributed by atoms with Gasteiger partial charge >= 0.3 is 0 Å². The topological polar surface area (TPSA) is 105 Å². The number of hydrogen-bond acceptors (Lipinski definition) is 6. The summed E-state index contributed by atoms with van der Waals surface area (Å²) in [6, 6.07) is -0.614. The van der Waals surface area contributed by atoms with Crippen LogP contribution >= 0.6 is 0 Å². The molecule has 0 aromatic heterocycles. The fourth-order valence-corrected chi connectivity index (χ4v) is 0.926. The molecule has 0 aromatic rings. The molecule has 6 heteroatoms. The van der Waals surface area contributed by atoms with Gasteiger partial charge in [-0.1, -0.05) is 0 Å².